The van der Waals surface area contributed by atoms with E-state index in [4.69, 9.17) is 9.47 Å². The van der Waals surface area contributed by atoms with Crippen LogP contribution in [0.3, 0.4) is 0 Å². The third kappa shape index (κ3) is 20.5. The van der Waals surface area contributed by atoms with Gasteiger partial charge in [0.1, 0.15) is 11.4 Å². The summed E-state index contributed by atoms with van der Waals surface area (Å²) in [7, 11) is 0. The van der Waals surface area contributed by atoms with Crippen molar-refractivity contribution in [3.8, 4) is 31.0 Å². The van der Waals surface area contributed by atoms with Gasteiger partial charge in [0.25, 0.3) is 0 Å². The fourth-order valence-corrected chi connectivity index (χ4v) is 36.5. The predicted molar refractivity (Wildman–Crippen MR) is 357 cm³/mol. The van der Waals surface area contributed by atoms with Crippen LogP contribution in [0.4, 0.5) is 0 Å². The molecule has 6 rings (SSSR count). The van der Waals surface area contributed by atoms with E-state index in [1.807, 2.05) is 36.9 Å². The van der Waals surface area contributed by atoms with Crippen LogP contribution < -0.4 is 12.4 Å². The van der Waals surface area contributed by atoms with Crippen molar-refractivity contribution in [2.45, 2.75) is 302 Å². The van der Waals surface area contributed by atoms with Gasteiger partial charge in [-0.1, -0.05) is 80.1 Å². The van der Waals surface area contributed by atoms with Crippen molar-refractivity contribution in [2.75, 3.05) is 0 Å². The maximum atomic E-state index is 7.46. The first-order chi connectivity index (χ1) is 37.3. The quantitative estimate of drug-likeness (QED) is 0.0417. The molecule has 4 aromatic rings. The number of unbranched alkanes of at least 4 members (excludes halogenated alkanes) is 3. The third-order valence-electron chi connectivity index (χ3n) is 18.5. The monoisotopic (exact) mass is 1250 g/mol. The van der Waals surface area contributed by atoms with Gasteiger partial charge in [-0.2, -0.15) is 0 Å². The van der Waals surface area contributed by atoms with Crippen molar-refractivity contribution in [3.05, 3.63) is 51.0 Å². The summed E-state index contributed by atoms with van der Waals surface area (Å²) in [6.07, 6.45) is 34.3. The topological polar surface area (TPSA) is 18.5 Å². The molecule has 0 aromatic carbocycles. The van der Waals surface area contributed by atoms with Crippen LogP contribution in [0.2, 0.25) is 13.3 Å². The molecule has 0 saturated carbocycles. The molecule has 2 aliphatic heterocycles. The second-order valence-corrected chi connectivity index (χ2v) is 46.1. The van der Waals surface area contributed by atoms with Crippen LogP contribution >= 0.6 is 45.3 Å². The van der Waals surface area contributed by atoms with Gasteiger partial charge in [0.05, 0.1) is 9.75 Å². The first-order valence-electron chi connectivity index (χ1n) is 33.1. The molecule has 0 N–H and O–H groups in total. The van der Waals surface area contributed by atoms with Crippen LogP contribution in [0.1, 0.15) is 287 Å². The molecule has 6 heterocycles. The number of ether oxygens (including phenoxy) is 2. The van der Waals surface area contributed by atoms with Crippen molar-refractivity contribution < 1.29 is 9.47 Å². The summed E-state index contributed by atoms with van der Waals surface area (Å²) < 4.78 is 21.0. The van der Waals surface area contributed by atoms with E-state index in [9.17, 15) is 0 Å². The van der Waals surface area contributed by atoms with Gasteiger partial charge in [0.15, 0.2) is 0 Å². The Labute approximate surface area is 503 Å². The Balaban J connectivity index is 0.000000306. The SMILES string of the molecule is CC(C)CCCC(C)CCC1(CCC(C)CCCC(C)C)Oc2ccsc2-c2sccc21.CCC[CH2][Sn]([CH2]CCC)([CH2]CCC)[c]1cc2c(s1)-c1sc(C)cc1OC2(CCC(C)CCCC(C)C)CCC(C)CCCC(C)C. The van der Waals surface area contributed by atoms with Crippen LogP contribution in [-0.2, 0) is 11.2 Å². The average Bonchev–Trinajstić information content (AvgIpc) is 4.42. The summed E-state index contributed by atoms with van der Waals surface area (Å²) >= 11 is 5.43. The molecular weight excluding hydrogens is 1130 g/mol. The van der Waals surface area contributed by atoms with Crippen LogP contribution in [-0.4, -0.2) is 18.4 Å². The minimum absolute atomic E-state index is 0.137. The van der Waals surface area contributed by atoms with Crippen molar-refractivity contribution in [3.63, 3.8) is 0 Å². The van der Waals surface area contributed by atoms with E-state index < -0.39 is 18.4 Å². The standard InChI is InChI=1S/C30H47OS2.C29H46OS2.3C4H9.Sn/c1-21(2)10-8-12-23(5)14-17-30(18-15-24(6)13-9-11-22(3)4)26-16-19-32-28(26)29-27(31-30)20-25(7)33-29;1-21(2)9-7-11-23(5)13-17-29(18-14-24(6)12-8-10-22(3)4)25-15-19-31-27(25)28-26(30-29)16-20-32-28;3*1-3-4-2;/h16,20-24H,8-15,17-18H2,1-7H3;15-16,19-24H,7-14,17-18H2,1-6H3;3*1,3-4H2,2H3;. The number of rotatable bonds is 38. The van der Waals surface area contributed by atoms with Gasteiger partial charge in [0.2, 0.25) is 0 Å². The zero-order valence-corrected chi connectivity index (χ0v) is 59.7. The molecule has 4 unspecified atom stereocenters. The number of fused-ring (bicyclic) bond motifs is 6. The molecule has 0 spiro atoms. The molecule has 7 heteroatoms. The maximum absolute atomic E-state index is 7.46. The second-order valence-electron chi connectivity index (χ2n) is 27.8. The van der Waals surface area contributed by atoms with E-state index in [1.165, 1.54) is 185 Å². The number of hydrogen-bond donors (Lipinski definition) is 0. The molecule has 0 aliphatic carbocycles. The Hall–Kier alpha value is -0.801. The zero-order chi connectivity index (χ0) is 56.9. The van der Waals surface area contributed by atoms with Gasteiger partial charge < -0.3 is 4.74 Å². The average molecular weight is 1250 g/mol. The fourth-order valence-electron chi connectivity index (χ4n) is 13.1. The van der Waals surface area contributed by atoms with Crippen LogP contribution in [0, 0.1) is 54.3 Å². The Morgan fingerprint density at radius 3 is 1.23 bits per heavy atom. The molecule has 0 radical (unpaired) electrons. The van der Waals surface area contributed by atoms with Gasteiger partial charge in [-0.05, 0) is 72.2 Å². The Kier molecular flexibility index (Phi) is 29.8. The van der Waals surface area contributed by atoms with Gasteiger partial charge in [-0.25, -0.2) is 0 Å². The molecule has 444 valence electrons. The Morgan fingerprint density at radius 1 is 0.410 bits per heavy atom. The third-order valence-corrected chi connectivity index (χ3v) is 41.0. The van der Waals surface area contributed by atoms with E-state index in [0.717, 1.165) is 65.9 Å². The van der Waals surface area contributed by atoms with E-state index in [2.05, 4.69) is 157 Å². The summed E-state index contributed by atoms with van der Waals surface area (Å²) in [5.74, 6) is 8.64. The number of thiophene rings is 4. The first-order valence-corrected chi connectivity index (χ1v) is 44.0. The second kappa shape index (κ2) is 34.2. The summed E-state index contributed by atoms with van der Waals surface area (Å²) in [5, 5.41) is 4.49. The molecule has 78 heavy (non-hydrogen) atoms. The molecular formula is C71H120O2S4Sn. The molecule has 2 nitrogen and oxygen atoms in total. The summed E-state index contributed by atoms with van der Waals surface area (Å²) in [6.45, 7) is 38.4. The van der Waals surface area contributed by atoms with Gasteiger partial charge >= 0.3 is 301 Å². The Bertz CT molecular complexity index is 2160. The van der Waals surface area contributed by atoms with E-state index in [-0.39, 0.29) is 11.2 Å². The van der Waals surface area contributed by atoms with Crippen molar-refractivity contribution >= 4 is 66.6 Å². The van der Waals surface area contributed by atoms with Crippen molar-refractivity contribution in [1.29, 1.82) is 0 Å². The van der Waals surface area contributed by atoms with Gasteiger partial charge in [-0.15, -0.1) is 22.7 Å². The van der Waals surface area contributed by atoms with E-state index in [0.29, 0.717) is 0 Å². The molecule has 0 amide bonds. The normalized spacial score (nSPS) is 18.5. The molecule has 0 saturated heterocycles. The van der Waals surface area contributed by atoms with Gasteiger partial charge in [-0.3, -0.25) is 0 Å². The Morgan fingerprint density at radius 2 is 0.808 bits per heavy atom. The molecule has 0 fully saturated rings. The van der Waals surface area contributed by atoms with Crippen molar-refractivity contribution in [2.24, 2.45) is 47.3 Å². The molecule has 4 atom stereocenters. The fraction of sp³-hybridized carbons (Fsp3) is 0.775. The number of aryl methyl sites for hydroxylation is 1. The van der Waals surface area contributed by atoms with Gasteiger partial charge in [0, 0.05) is 5.56 Å². The predicted octanol–water partition coefficient (Wildman–Crippen LogP) is 25.5. The van der Waals surface area contributed by atoms with Crippen LogP contribution in [0.25, 0.3) is 19.5 Å². The minimum atomic E-state index is -2.59. The summed E-state index contributed by atoms with van der Waals surface area (Å²) in [4.78, 5) is 7.31. The summed E-state index contributed by atoms with van der Waals surface area (Å²) in [6, 6.07) is 9.80. The van der Waals surface area contributed by atoms with E-state index >= 15 is 0 Å². The zero-order valence-electron chi connectivity index (χ0n) is 53.5. The summed E-state index contributed by atoms with van der Waals surface area (Å²) in [5.41, 5.74) is 2.79. The molecule has 0 bridgehead atoms. The van der Waals surface area contributed by atoms with Crippen LogP contribution in [0.5, 0.6) is 11.5 Å². The van der Waals surface area contributed by atoms with Crippen molar-refractivity contribution in [1.82, 2.24) is 0 Å². The van der Waals surface area contributed by atoms with E-state index in [1.54, 1.807) is 23.8 Å². The number of hydrogen-bond acceptors (Lipinski definition) is 6. The first kappa shape index (κ1) is 68.0. The molecule has 2 aliphatic rings. The molecule has 4 aromatic heterocycles. The van der Waals surface area contributed by atoms with Crippen LogP contribution in [0.15, 0.2) is 35.0 Å².